The number of likely N-dealkylation sites (tertiary alicyclic amines) is 1. The predicted octanol–water partition coefficient (Wildman–Crippen LogP) is 2.44. The minimum absolute atomic E-state index is 0.0214. The van der Waals surface area contributed by atoms with Crippen molar-refractivity contribution in [3.05, 3.63) is 35.4 Å². The third-order valence-electron chi connectivity index (χ3n) is 3.60. The van der Waals surface area contributed by atoms with Crippen LogP contribution in [0.3, 0.4) is 0 Å². The Balaban J connectivity index is 2.10. The van der Waals surface area contributed by atoms with Gasteiger partial charge in [0.1, 0.15) is 5.78 Å². The van der Waals surface area contributed by atoms with Crippen molar-refractivity contribution in [2.45, 2.75) is 26.7 Å². The molecule has 0 spiro atoms. The third kappa shape index (κ3) is 2.61. The van der Waals surface area contributed by atoms with Crippen LogP contribution < -0.4 is 0 Å². The van der Waals surface area contributed by atoms with Gasteiger partial charge in [-0.2, -0.15) is 0 Å². The highest BCUT2D eigenvalue weighted by molar-refractivity contribution is 5.95. The Morgan fingerprint density at radius 3 is 2.61 bits per heavy atom. The molecule has 3 nitrogen and oxygen atoms in total. The number of carbonyl (C=O) groups is 2. The Kier molecular flexibility index (Phi) is 3.80. The number of amides is 1. The topological polar surface area (TPSA) is 37.4 Å². The van der Waals surface area contributed by atoms with Crippen LogP contribution in [-0.4, -0.2) is 29.7 Å². The van der Waals surface area contributed by atoms with E-state index in [0.29, 0.717) is 30.9 Å². The number of ketones is 1. The summed E-state index contributed by atoms with van der Waals surface area (Å²) in [6, 6.07) is 7.60. The van der Waals surface area contributed by atoms with Crippen LogP contribution in [-0.2, 0) is 4.79 Å². The van der Waals surface area contributed by atoms with Crippen molar-refractivity contribution in [2.24, 2.45) is 5.92 Å². The minimum Gasteiger partial charge on any atom is -0.337 e. The Hall–Kier alpha value is -1.64. The summed E-state index contributed by atoms with van der Waals surface area (Å²) < 4.78 is 0. The van der Waals surface area contributed by atoms with Crippen LogP contribution in [0.25, 0.3) is 0 Å². The van der Waals surface area contributed by atoms with Crippen molar-refractivity contribution in [1.82, 2.24) is 4.90 Å². The molecule has 1 amide bonds. The van der Waals surface area contributed by atoms with E-state index in [1.165, 1.54) is 0 Å². The Bertz CT molecular complexity index is 450. The lowest BCUT2D eigenvalue weighted by Gasteiger charge is -2.31. The monoisotopic (exact) mass is 245 g/mol. The second-order valence-electron chi connectivity index (χ2n) is 4.94. The van der Waals surface area contributed by atoms with Crippen LogP contribution in [0, 0.1) is 12.8 Å². The number of Topliss-reactive ketones (excluding diaryl/α,β-unsaturated/α-hetero) is 1. The largest absolute Gasteiger partial charge is 0.337 e. The van der Waals surface area contributed by atoms with E-state index in [4.69, 9.17) is 0 Å². The summed E-state index contributed by atoms with van der Waals surface area (Å²) in [7, 11) is 0. The maximum Gasteiger partial charge on any atom is 0.253 e. The first-order valence-electron chi connectivity index (χ1n) is 6.50. The molecule has 1 saturated heterocycles. The van der Waals surface area contributed by atoms with Crippen molar-refractivity contribution in [3.63, 3.8) is 0 Å². The fourth-order valence-corrected chi connectivity index (χ4v) is 2.33. The summed E-state index contributed by atoms with van der Waals surface area (Å²) >= 11 is 0. The van der Waals surface area contributed by atoms with Gasteiger partial charge in [0.05, 0.1) is 0 Å². The molecule has 0 bridgehead atoms. The normalized spacial score (nSPS) is 20.0. The molecule has 1 heterocycles. The van der Waals surface area contributed by atoms with E-state index in [0.717, 1.165) is 12.0 Å². The van der Waals surface area contributed by atoms with Crippen molar-refractivity contribution in [2.75, 3.05) is 13.1 Å². The molecule has 96 valence electrons. The summed E-state index contributed by atoms with van der Waals surface area (Å²) in [4.78, 5) is 25.7. The molecule has 0 aromatic heterocycles. The molecule has 1 aliphatic heterocycles. The average molecular weight is 245 g/mol. The number of aryl methyl sites for hydroxylation is 1. The highest BCUT2D eigenvalue weighted by atomic mass is 16.2. The van der Waals surface area contributed by atoms with Gasteiger partial charge in [-0.25, -0.2) is 0 Å². The molecule has 1 fully saturated rings. The van der Waals surface area contributed by atoms with Crippen LogP contribution in [0.15, 0.2) is 24.3 Å². The fourth-order valence-electron chi connectivity index (χ4n) is 2.33. The van der Waals surface area contributed by atoms with E-state index < -0.39 is 0 Å². The Labute approximate surface area is 108 Å². The van der Waals surface area contributed by atoms with Gasteiger partial charge < -0.3 is 4.90 Å². The first-order valence-corrected chi connectivity index (χ1v) is 6.50. The smallest absolute Gasteiger partial charge is 0.253 e. The summed E-state index contributed by atoms with van der Waals surface area (Å²) in [5.74, 6) is 0.361. The number of benzene rings is 1. The van der Waals surface area contributed by atoms with Crippen LogP contribution in [0.4, 0.5) is 0 Å². The SMILES string of the molecule is CCC1CN(C(=O)c2ccc(C)cc2)CCC1=O. The number of hydrogen-bond acceptors (Lipinski definition) is 2. The van der Waals surface area contributed by atoms with E-state index in [1.807, 2.05) is 38.1 Å². The van der Waals surface area contributed by atoms with E-state index in [9.17, 15) is 9.59 Å². The van der Waals surface area contributed by atoms with E-state index in [1.54, 1.807) is 4.90 Å². The van der Waals surface area contributed by atoms with Crippen LogP contribution >= 0.6 is 0 Å². The predicted molar refractivity (Wildman–Crippen MR) is 70.5 cm³/mol. The van der Waals surface area contributed by atoms with Gasteiger partial charge in [-0.3, -0.25) is 9.59 Å². The number of nitrogens with zero attached hydrogens (tertiary/aromatic N) is 1. The van der Waals surface area contributed by atoms with Gasteiger partial charge in [0, 0.05) is 31.0 Å². The summed E-state index contributed by atoms with van der Waals surface area (Å²) in [5.41, 5.74) is 1.86. The number of carbonyl (C=O) groups excluding carboxylic acids is 2. The van der Waals surface area contributed by atoms with E-state index in [-0.39, 0.29) is 11.8 Å². The summed E-state index contributed by atoms with van der Waals surface area (Å²) in [5, 5.41) is 0. The van der Waals surface area contributed by atoms with Gasteiger partial charge in [0.15, 0.2) is 0 Å². The maximum atomic E-state index is 12.3. The first-order chi connectivity index (χ1) is 8.61. The lowest BCUT2D eigenvalue weighted by atomic mass is 9.93. The van der Waals surface area contributed by atoms with Crippen molar-refractivity contribution in [1.29, 1.82) is 0 Å². The lowest BCUT2D eigenvalue weighted by molar-refractivity contribution is -0.125. The van der Waals surface area contributed by atoms with Gasteiger partial charge in [-0.05, 0) is 25.5 Å². The molecule has 1 aromatic rings. The van der Waals surface area contributed by atoms with Crippen LogP contribution in [0.5, 0.6) is 0 Å². The van der Waals surface area contributed by atoms with Crippen LogP contribution in [0.1, 0.15) is 35.7 Å². The van der Waals surface area contributed by atoms with Gasteiger partial charge in [0.25, 0.3) is 5.91 Å². The number of rotatable bonds is 2. The highest BCUT2D eigenvalue weighted by Gasteiger charge is 2.28. The molecule has 18 heavy (non-hydrogen) atoms. The van der Waals surface area contributed by atoms with Crippen molar-refractivity contribution < 1.29 is 9.59 Å². The summed E-state index contributed by atoms with van der Waals surface area (Å²) in [6.45, 7) is 5.13. The standard InChI is InChI=1S/C15H19NO2/c1-3-12-10-16(9-8-14(12)17)15(18)13-6-4-11(2)5-7-13/h4-7,12H,3,8-10H2,1-2H3. The van der Waals surface area contributed by atoms with Gasteiger partial charge in [-0.15, -0.1) is 0 Å². The van der Waals surface area contributed by atoms with Gasteiger partial charge >= 0.3 is 0 Å². The van der Waals surface area contributed by atoms with E-state index >= 15 is 0 Å². The molecule has 0 radical (unpaired) electrons. The molecule has 0 saturated carbocycles. The molecule has 3 heteroatoms. The zero-order valence-corrected chi connectivity index (χ0v) is 11.0. The molecule has 0 aliphatic carbocycles. The zero-order chi connectivity index (χ0) is 13.1. The van der Waals surface area contributed by atoms with E-state index in [2.05, 4.69) is 0 Å². The second kappa shape index (κ2) is 5.34. The highest BCUT2D eigenvalue weighted by Crippen LogP contribution is 2.18. The van der Waals surface area contributed by atoms with Gasteiger partial charge in [-0.1, -0.05) is 24.6 Å². The Morgan fingerprint density at radius 2 is 2.00 bits per heavy atom. The molecule has 1 aliphatic rings. The van der Waals surface area contributed by atoms with Crippen LogP contribution in [0.2, 0.25) is 0 Å². The molecule has 1 unspecified atom stereocenters. The summed E-state index contributed by atoms with van der Waals surface area (Å²) in [6.07, 6.45) is 1.31. The zero-order valence-electron chi connectivity index (χ0n) is 11.0. The molecule has 1 atom stereocenters. The van der Waals surface area contributed by atoms with Gasteiger partial charge in [0.2, 0.25) is 0 Å². The number of piperidine rings is 1. The lowest BCUT2D eigenvalue weighted by Crippen LogP contribution is -2.43. The van der Waals surface area contributed by atoms with Crippen molar-refractivity contribution >= 4 is 11.7 Å². The molecule has 0 N–H and O–H groups in total. The molecule has 1 aromatic carbocycles. The first kappa shape index (κ1) is 12.8. The quantitative estimate of drug-likeness (QED) is 0.802. The molecule has 2 rings (SSSR count). The fraction of sp³-hybridized carbons (Fsp3) is 0.467. The third-order valence-corrected chi connectivity index (χ3v) is 3.60. The Morgan fingerprint density at radius 1 is 1.33 bits per heavy atom. The minimum atomic E-state index is 0.0214. The second-order valence-corrected chi connectivity index (χ2v) is 4.94. The maximum absolute atomic E-state index is 12.3. The average Bonchev–Trinajstić information content (AvgIpc) is 2.39. The molecular formula is C15H19NO2. The molecular weight excluding hydrogens is 226 g/mol. The van der Waals surface area contributed by atoms with Crippen molar-refractivity contribution in [3.8, 4) is 0 Å². The number of hydrogen-bond donors (Lipinski definition) is 0.